The zero-order valence-corrected chi connectivity index (χ0v) is 39.0. The topological polar surface area (TPSA) is 119 Å². The molecule has 338 valence electrons. The number of amides is 2. The second-order valence-corrected chi connectivity index (χ2v) is 19.6. The third-order valence-electron chi connectivity index (χ3n) is 12.9. The predicted octanol–water partition coefficient (Wildman–Crippen LogP) is 10.1. The molecule has 5 aromatic carbocycles. The van der Waals surface area contributed by atoms with Crippen molar-refractivity contribution in [3.8, 4) is 11.1 Å². The van der Waals surface area contributed by atoms with E-state index >= 15 is 0 Å². The maximum Gasteiger partial charge on any atom is 0.264 e. The number of hydrogen-bond acceptors (Lipinski definition) is 5. The van der Waals surface area contributed by atoms with E-state index in [-0.39, 0.29) is 53.7 Å². The average molecular weight is 896 g/mol. The van der Waals surface area contributed by atoms with Crippen LogP contribution in [0.15, 0.2) is 139 Å². The summed E-state index contributed by atoms with van der Waals surface area (Å²) in [7, 11) is -4.02. The van der Waals surface area contributed by atoms with Crippen LogP contribution >= 0.6 is 0 Å². The molecular weight excluding hydrogens is 836 g/mol. The largest absolute Gasteiger partial charge is 0.354 e. The molecule has 3 N–H and O–H groups in total. The highest BCUT2D eigenvalue weighted by molar-refractivity contribution is 7.85. The molecule has 2 aliphatic heterocycles. The molecule has 0 unspecified atom stereocenters. The van der Waals surface area contributed by atoms with Gasteiger partial charge in [0.05, 0.1) is 23.5 Å². The minimum absolute atomic E-state index is 0.143. The summed E-state index contributed by atoms with van der Waals surface area (Å²) in [6.07, 6.45) is 11.6. The summed E-state index contributed by atoms with van der Waals surface area (Å²) < 4.78 is 49.5. The Morgan fingerprint density at radius 3 is 2.32 bits per heavy atom. The summed E-state index contributed by atoms with van der Waals surface area (Å²) in [6, 6.07) is 33.1. The van der Waals surface area contributed by atoms with Crippen molar-refractivity contribution in [2.45, 2.75) is 77.6 Å². The number of unbranched alkanes of at least 4 members (excludes halogenated alkanes) is 1. The van der Waals surface area contributed by atoms with E-state index in [1.54, 1.807) is 19.1 Å². The van der Waals surface area contributed by atoms with Crippen molar-refractivity contribution >= 4 is 49.8 Å². The quantitative estimate of drug-likeness (QED) is 0.0370. The number of nitrogens with one attached hydrogen (secondary N) is 2. The van der Waals surface area contributed by atoms with Crippen molar-refractivity contribution in [3.63, 3.8) is 0 Å². The van der Waals surface area contributed by atoms with Gasteiger partial charge in [-0.1, -0.05) is 111 Å². The highest BCUT2D eigenvalue weighted by atomic mass is 32.2. The van der Waals surface area contributed by atoms with Crippen molar-refractivity contribution in [2.75, 3.05) is 36.8 Å². The maximum absolute atomic E-state index is 15.0. The summed E-state index contributed by atoms with van der Waals surface area (Å²) in [5.41, 5.74) is 8.97. The Morgan fingerprint density at radius 2 is 1.58 bits per heavy atom. The average Bonchev–Trinajstić information content (AvgIpc) is 3.63. The van der Waals surface area contributed by atoms with E-state index in [1.165, 1.54) is 22.4 Å². The lowest BCUT2D eigenvalue weighted by molar-refractivity contribution is -0.438. The molecule has 2 amide bonds. The van der Waals surface area contributed by atoms with E-state index in [1.807, 2.05) is 48.5 Å². The lowest BCUT2D eigenvalue weighted by Gasteiger charge is -2.25. The molecule has 9 nitrogen and oxygen atoms in total. The summed E-state index contributed by atoms with van der Waals surface area (Å²) in [4.78, 5) is 28.3. The number of carbonyl (C=O) groups excluding carboxylic acids is 2. The number of benzene rings is 5. The van der Waals surface area contributed by atoms with E-state index < -0.39 is 16.0 Å². The van der Waals surface area contributed by atoms with Gasteiger partial charge in [0.25, 0.3) is 10.1 Å². The standard InChI is InChI=1S/C54H59FN4O5S/c1-7-58-46-28-24-38(35-50(60)56-30-31-57-52(61)37(2)41-25-27-42(45(55)36-41)39-18-10-8-11-19-39)34-44(46)53(3,4)48(58)22-12-9-13-23-49-54(5,6)51-43-21-15-14-20-40(43)26-29-47(51)59(49)32-16-17-33-65(62,63)64/h8-15,18-29,34,36-37H,7,16-17,30-33,35H2,1-6H3,(H2-,56,57,60,61,62,63,64)/p+1/t37-/m0/s1. The molecule has 5 aromatic rings. The van der Waals surface area contributed by atoms with Crippen LogP contribution in [0.2, 0.25) is 0 Å². The highest BCUT2D eigenvalue weighted by Crippen LogP contribution is 2.48. The van der Waals surface area contributed by atoms with Gasteiger partial charge in [-0.3, -0.25) is 14.1 Å². The minimum atomic E-state index is -4.02. The lowest BCUT2D eigenvalue weighted by atomic mass is 9.79. The fourth-order valence-corrected chi connectivity index (χ4v) is 10.0. The molecule has 7 rings (SSSR count). The molecular formula is C54H60FN4O5S+. The number of anilines is 1. The van der Waals surface area contributed by atoms with E-state index in [2.05, 4.69) is 121 Å². The third-order valence-corrected chi connectivity index (χ3v) is 13.7. The zero-order valence-electron chi connectivity index (χ0n) is 38.2. The van der Waals surface area contributed by atoms with Crippen molar-refractivity contribution in [2.24, 2.45) is 0 Å². The maximum atomic E-state index is 15.0. The first-order chi connectivity index (χ1) is 31.0. The van der Waals surface area contributed by atoms with Crippen molar-refractivity contribution in [1.82, 2.24) is 10.6 Å². The van der Waals surface area contributed by atoms with Gasteiger partial charge in [0.15, 0.2) is 5.71 Å². The van der Waals surface area contributed by atoms with Gasteiger partial charge in [-0.2, -0.15) is 13.0 Å². The Balaban J connectivity index is 0.976. The van der Waals surface area contributed by atoms with Crippen LogP contribution in [0.3, 0.4) is 0 Å². The van der Waals surface area contributed by atoms with E-state index in [0.717, 1.165) is 46.0 Å². The smallest absolute Gasteiger partial charge is 0.264 e. The molecule has 2 heterocycles. The molecule has 0 saturated carbocycles. The van der Waals surface area contributed by atoms with Gasteiger partial charge in [-0.25, -0.2) is 4.39 Å². The Morgan fingerprint density at radius 1 is 0.846 bits per heavy atom. The molecule has 0 radical (unpaired) electrons. The van der Waals surface area contributed by atoms with Gasteiger partial charge in [-0.15, -0.1) is 0 Å². The van der Waals surface area contributed by atoms with Gasteiger partial charge in [-0.05, 0) is 91.4 Å². The zero-order chi connectivity index (χ0) is 46.5. The lowest BCUT2D eigenvalue weighted by Crippen LogP contribution is -2.37. The monoisotopic (exact) mass is 895 g/mol. The molecule has 0 aromatic heterocycles. The van der Waals surface area contributed by atoms with Gasteiger partial charge in [0, 0.05) is 66.1 Å². The van der Waals surface area contributed by atoms with Crippen LogP contribution in [-0.4, -0.2) is 67.0 Å². The van der Waals surface area contributed by atoms with E-state index in [4.69, 9.17) is 0 Å². The third kappa shape index (κ3) is 10.2. The summed E-state index contributed by atoms with van der Waals surface area (Å²) in [6.45, 7) is 14.7. The second-order valence-electron chi connectivity index (χ2n) is 18.0. The van der Waals surface area contributed by atoms with Gasteiger partial charge >= 0.3 is 0 Å². The number of halogens is 1. The van der Waals surface area contributed by atoms with Gasteiger partial charge < -0.3 is 15.5 Å². The Bertz CT molecular complexity index is 2840. The number of allylic oxidation sites excluding steroid dienone is 6. The predicted molar refractivity (Wildman–Crippen MR) is 261 cm³/mol. The first-order valence-electron chi connectivity index (χ1n) is 22.5. The molecule has 0 fully saturated rings. The van der Waals surface area contributed by atoms with Crippen molar-refractivity contribution < 1.29 is 31.5 Å². The molecule has 0 saturated heterocycles. The van der Waals surface area contributed by atoms with Gasteiger partial charge in [0.2, 0.25) is 17.5 Å². The molecule has 1 atom stereocenters. The Labute approximate surface area is 383 Å². The number of likely N-dealkylation sites (N-methyl/N-ethyl adjacent to an activating group) is 1. The molecule has 0 aliphatic carbocycles. The molecule has 2 aliphatic rings. The minimum Gasteiger partial charge on any atom is -0.354 e. The van der Waals surface area contributed by atoms with Crippen LogP contribution in [0.5, 0.6) is 0 Å². The fourth-order valence-electron chi connectivity index (χ4n) is 9.45. The van der Waals surface area contributed by atoms with Crippen LogP contribution in [-0.2, 0) is 37.0 Å². The van der Waals surface area contributed by atoms with Crippen LogP contribution in [0.25, 0.3) is 21.9 Å². The van der Waals surface area contributed by atoms with Crippen LogP contribution < -0.4 is 15.5 Å². The molecule has 0 spiro atoms. The number of rotatable bonds is 17. The van der Waals surface area contributed by atoms with Crippen LogP contribution in [0.4, 0.5) is 15.8 Å². The molecule has 0 bridgehead atoms. The fraction of sp³-hybridized carbons (Fsp3) is 0.315. The second kappa shape index (κ2) is 19.5. The summed E-state index contributed by atoms with van der Waals surface area (Å²) >= 11 is 0. The normalized spacial score (nSPS) is 16.4. The number of fused-ring (bicyclic) bond motifs is 4. The summed E-state index contributed by atoms with van der Waals surface area (Å²) in [5.74, 6) is -1.58. The van der Waals surface area contributed by atoms with Crippen molar-refractivity contribution in [1.29, 1.82) is 0 Å². The number of nitrogens with zero attached hydrogens (tertiary/aromatic N) is 2. The Kier molecular flexibility index (Phi) is 14.1. The van der Waals surface area contributed by atoms with E-state index in [9.17, 15) is 27.0 Å². The van der Waals surface area contributed by atoms with Crippen LogP contribution in [0, 0.1) is 5.82 Å². The first-order valence-corrected chi connectivity index (χ1v) is 24.1. The van der Waals surface area contributed by atoms with E-state index in [0.29, 0.717) is 30.5 Å². The molecule has 11 heteroatoms. The van der Waals surface area contributed by atoms with Gasteiger partial charge in [0.1, 0.15) is 12.4 Å². The molecule has 65 heavy (non-hydrogen) atoms. The first kappa shape index (κ1) is 46.8. The van der Waals surface area contributed by atoms with Crippen LogP contribution in [0.1, 0.15) is 82.6 Å². The Hall–Kier alpha value is -6.17. The number of carbonyl (C=O) groups is 2. The summed E-state index contributed by atoms with van der Waals surface area (Å²) in [5, 5.41) is 8.17. The SMILES string of the molecule is CCN1/C(=C/C=C/C=C/C2=[N+](CCCCS(=O)(=O)O)c3ccc4ccccc4c3C2(C)C)C(C)(C)c2cc(CC(=O)NCCNC(=O)[C@@H](C)c3ccc(-c4ccccc4)c(F)c3)ccc21. The number of hydrogen-bond donors (Lipinski definition) is 3. The highest BCUT2D eigenvalue weighted by Gasteiger charge is 2.45. The van der Waals surface area contributed by atoms with Crippen molar-refractivity contribution in [3.05, 3.63) is 167 Å².